The van der Waals surface area contributed by atoms with Gasteiger partial charge in [-0.05, 0) is 63.9 Å². The van der Waals surface area contributed by atoms with E-state index in [1.807, 2.05) is 51.1 Å². The number of para-hydroxylation sites is 1. The average Bonchev–Trinajstić information content (AvgIpc) is 2.88. The molecule has 0 aliphatic heterocycles. The molecule has 1 atom stereocenters. The molecule has 2 amide bonds. The maximum absolute atomic E-state index is 13.8. The lowest BCUT2D eigenvalue weighted by Gasteiger charge is -2.32. The van der Waals surface area contributed by atoms with E-state index >= 15 is 0 Å². The van der Waals surface area contributed by atoms with Gasteiger partial charge >= 0.3 is 0 Å². The zero-order valence-corrected chi connectivity index (χ0v) is 22.6. The van der Waals surface area contributed by atoms with E-state index in [2.05, 4.69) is 5.32 Å². The highest BCUT2D eigenvalue weighted by Gasteiger charge is 2.32. The van der Waals surface area contributed by atoms with Crippen molar-refractivity contribution in [1.29, 1.82) is 0 Å². The lowest BCUT2D eigenvalue weighted by Crippen LogP contribution is -2.53. The molecule has 1 unspecified atom stereocenters. The monoisotopic (exact) mass is 521 g/mol. The van der Waals surface area contributed by atoms with Gasteiger partial charge in [0.05, 0.1) is 10.6 Å². The van der Waals surface area contributed by atoms with Gasteiger partial charge in [-0.15, -0.1) is 0 Å². The fourth-order valence-corrected chi connectivity index (χ4v) is 5.35. The number of sulfonamides is 1. The minimum absolute atomic E-state index is 0.0937. The van der Waals surface area contributed by atoms with Crippen LogP contribution in [0.5, 0.6) is 0 Å². The van der Waals surface area contributed by atoms with Crippen LogP contribution in [0.3, 0.4) is 0 Å². The highest BCUT2D eigenvalue weighted by Crippen LogP contribution is 2.24. The van der Waals surface area contributed by atoms with Crippen LogP contribution in [0, 0.1) is 6.92 Å². The van der Waals surface area contributed by atoms with Crippen LogP contribution in [0.25, 0.3) is 0 Å². The second-order valence-corrected chi connectivity index (χ2v) is 11.2. The number of hydrogen-bond acceptors (Lipinski definition) is 4. The number of anilines is 1. The molecule has 0 aliphatic rings. The molecule has 0 spiro atoms. The molecule has 0 saturated heterocycles. The Balaban J connectivity index is 1.94. The summed E-state index contributed by atoms with van der Waals surface area (Å²) in [6.07, 6.45) is 0.530. The van der Waals surface area contributed by atoms with Crippen molar-refractivity contribution in [1.82, 2.24) is 10.2 Å². The summed E-state index contributed by atoms with van der Waals surface area (Å²) in [4.78, 5) is 28.2. The van der Waals surface area contributed by atoms with E-state index in [9.17, 15) is 18.0 Å². The number of rotatable bonds is 11. The van der Waals surface area contributed by atoms with Gasteiger partial charge in [0.25, 0.3) is 10.0 Å². The Morgan fingerprint density at radius 1 is 0.838 bits per heavy atom. The van der Waals surface area contributed by atoms with Crippen molar-refractivity contribution < 1.29 is 18.0 Å². The summed E-state index contributed by atoms with van der Waals surface area (Å²) in [7, 11) is -4.05. The van der Waals surface area contributed by atoms with Gasteiger partial charge in [-0.25, -0.2) is 8.42 Å². The quantitative estimate of drug-likeness (QED) is 0.410. The van der Waals surface area contributed by atoms with Gasteiger partial charge in [0, 0.05) is 12.6 Å². The Labute approximate surface area is 220 Å². The number of amides is 2. The summed E-state index contributed by atoms with van der Waals surface area (Å²) >= 11 is 0. The molecule has 3 rings (SSSR count). The van der Waals surface area contributed by atoms with Gasteiger partial charge in [-0.3, -0.25) is 13.9 Å². The topological polar surface area (TPSA) is 86.8 Å². The summed E-state index contributed by atoms with van der Waals surface area (Å²) in [6.45, 7) is 7.08. The highest BCUT2D eigenvalue weighted by atomic mass is 32.2. The zero-order chi connectivity index (χ0) is 27.0. The first-order valence-corrected chi connectivity index (χ1v) is 13.8. The number of nitrogens with zero attached hydrogens (tertiary/aromatic N) is 2. The van der Waals surface area contributed by atoms with Gasteiger partial charge in [-0.2, -0.15) is 0 Å². The smallest absolute Gasteiger partial charge is 0.264 e. The summed E-state index contributed by atoms with van der Waals surface area (Å²) in [5, 5.41) is 2.86. The van der Waals surface area contributed by atoms with Crippen molar-refractivity contribution >= 4 is 27.5 Å². The summed E-state index contributed by atoms with van der Waals surface area (Å²) in [5.41, 5.74) is 2.32. The van der Waals surface area contributed by atoms with Crippen LogP contribution >= 0.6 is 0 Å². The van der Waals surface area contributed by atoms with E-state index in [-0.39, 0.29) is 23.4 Å². The Bertz CT molecular complexity index is 1280. The van der Waals surface area contributed by atoms with Gasteiger partial charge in [0.15, 0.2) is 0 Å². The maximum Gasteiger partial charge on any atom is 0.264 e. The van der Waals surface area contributed by atoms with E-state index in [0.717, 1.165) is 15.4 Å². The molecule has 0 heterocycles. The molecule has 0 aromatic heterocycles. The minimum Gasteiger partial charge on any atom is -0.352 e. The molecule has 3 aromatic rings. The molecular weight excluding hydrogens is 486 g/mol. The number of nitrogens with one attached hydrogen (secondary N) is 1. The Kier molecular flexibility index (Phi) is 9.47. The van der Waals surface area contributed by atoms with Crippen molar-refractivity contribution in [3.05, 3.63) is 96.1 Å². The third-order valence-corrected chi connectivity index (χ3v) is 7.80. The van der Waals surface area contributed by atoms with Crippen LogP contribution in [0.1, 0.15) is 31.9 Å². The van der Waals surface area contributed by atoms with Crippen molar-refractivity contribution in [2.45, 2.75) is 51.1 Å². The second-order valence-electron chi connectivity index (χ2n) is 9.32. The molecule has 7 nitrogen and oxygen atoms in total. The fourth-order valence-electron chi connectivity index (χ4n) is 3.94. The Hall–Kier alpha value is -3.65. The molecular formula is C29H35N3O4S. The molecule has 0 aliphatic carbocycles. The van der Waals surface area contributed by atoms with Crippen molar-refractivity contribution in [2.24, 2.45) is 0 Å². The van der Waals surface area contributed by atoms with Crippen LogP contribution in [0.15, 0.2) is 89.8 Å². The molecule has 37 heavy (non-hydrogen) atoms. The van der Waals surface area contributed by atoms with E-state index in [4.69, 9.17) is 0 Å². The average molecular weight is 522 g/mol. The molecule has 0 fully saturated rings. The molecule has 0 radical (unpaired) electrons. The molecule has 1 N–H and O–H groups in total. The van der Waals surface area contributed by atoms with Crippen LogP contribution in [0.2, 0.25) is 0 Å². The number of carbonyl (C=O) groups excluding carboxylic acids is 2. The van der Waals surface area contributed by atoms with E-state index in [0.29, 0.717) is 12.1 Å². The highest BCUT2D eigenvalue weighted by molar-refractivity contribution is 7.92. The molecule has 8 heteroatoms. The van der Waals surface area contributed by atoms with Gasteiger partial charge in [-0.1, -0.05) is 66.2 Å². The first-order valence-electron chi connectivity index (χ1n) is 12.4. The van der Waals surface area contributed by atoms with Crippen LogP contribution in [0.4, 0.5) is 5.69 Å². The first-order chi connectivity index (χ1) is 17.6. The number of carbonyl (C=O) groups is 2. The van der Waals surface area contributed by atoms with Crippen LogP contribution in [-0.2, 0) is 26.0 Å². The summed E-state index contributed by atoms with van der Waals surface area (Å²) in [6, 6.07) is 23.9. The van der Waals surface area contributed by atoms with Crippen LogP contribution in [-0.4, -0.2) is 50.3 Å². The second kappa shape index (κ2) is 12.5. The molecule has 0 bridgehead atoms. The third-order valence-electron chi connectivity index (χ3n) is 6.01. The van der Waals surface area contributed by atoms with Gasteiger partial charge in [0.1, 0.15) is 12.6 Å². The molecule has 3 aromatic carbocycles. The van der Waals surface area contributed by atoms with Crippen molar-refractivity contribution in [3.63, 3.8) is 0 Å². The third kappa shape index (κ3) is 7.43. The minimum atomic E-state index is -4.05. The van der Waals surface area contributed by atoms with Crippen molar-refractivity contribution in [3.8, 4) is 0 Å². The summed E-state index contributed by atoms with van der Waals surface area (Å²) < 4.78 is 28.5. The standard InChI is InChI=1S/C29H35N3O4S/c1-22(2)30-29(34)24(4)31(20-19-25-11-7-5-8-12-25)28(33)21-32(26-13-9-6-10-14-26)37(35,36)27-17-15-23(3)16-18-27/h5-18,22,24H,19-21H2,1-4H3,(H,30,34). The number of benzene rings is 3. The van der Waals surface area contributed by atoms with E-state index in [1.54, 1.807) is 49.4 Å². The zero-order valence-electron chi connectivity index (χ0n) is 21.8. The lowest BCUT2D eigenvalue weighted by atomic mass is 10.1. The fraction of sp³-hybridized carbons (Fsp3) is 0.310. The largest absolute Gasteiger partial charge is 0.352 e. The number of hydrogen-bond donors (Lipinski definition) is 1. The van der Waals surface area contributed by atoms with E-state index in [1.165, 1.54) is 17.0 Å². The predicted octanol–water partition coefficient (Wildman–Crippen LogP) is 4.17. The van der Waals surface area contributed by atoms with Gasteiger partial charge in [0.2, 0.25) is 11.8 Å². The van der Waals surface area contributed by atoms with Crippen LogP contribution < -0.4 is 9.62 Å². The molecule has 0 saturated carbocycles. The van der Waals surface area contributed by atoms with Gasteiger partial charge < -0.3 is 10.2 Å². The Morgan fingerprint density at radius 3 is 1.97 bits per heavy atom. The SMILES string of the molecule is Cc1ccc(S(=O)(=O)N(CC(=O)N(CCc2ccccc2)C(C)C(=O)NC(C)C)c2ccccc2)cc1. The molecule has 196 valence electrons. The normalized spacial score (nSPS) is 12.1. The summed E-state index contributed by atoms with van der Waals surface area (Å²) in [5.74, 6) is -0.744. The maximum atomic E-state index is 13.8. The lowest BCUT2D eigenvalue weighted by molar-refractivity contribution is -0.139. The Morgan fingerprint density at radius 2 is 1.41 bits per heavy atom. The first kappa shape index (κ1) is 27.9. The number of aryl methyl sites for hydroxylation is 1. The predicted molar refractivity (Wildman–Crippen MR) is 147 cm³/mol. The van der Waals surface area contributed by atoms with E-state index < -0.39 is 28.5 Å². The van der Waals surface area contributed by atoms with Crippen molar-refractivity contribution in [2.75, 3.05) is 17.4 Å².